The van der Waals surface area contributed by atoms with Gasteiger partial charge in [-0.25, -0.2) is 0 Å². The zero-order valence-corrected chi connectivity index (χ0v) is 12.3. The van der Waals surface area contributed by atoms with Gasteiger partial charge in [0.05, 0.1) is 11.8 Å². The molecule has 1 amide bonds. The Morgan fingerprint density at radius 1 is 1.50 bits per heavy atom. The smallest absolute Gasteiger partial charge is 0.233 e. The second-order valence-electron chi connectivity index (χ2n) is 5.16. The summed E-state index contributed by atoms with van der Waals surface area (Å²) in [7, 11) is 1.85. The molecule has 102 valence electrons. The highest BCUT2D eigenvalue weighted by atomic mass is 32.2. The van der Waals surface area contributed by atoms with E-state index in [0.29, 0.717) is 17.5 Å². The quantitative estimate of drug-likeness (QED) is 0.786. The highest BCUT2D eigenvalue weighted by molar-refractivity contribution is 8.00. The van der Waals surface area contributed by atoms with Gasteiger partial charge in [-0.05, 0) is 27.7 Å². The molecule has 0 saturated heterocycles. The molecule has 1 unspecified atom stereocenters. The van der Waals surface area contributed by atoms with E-state index in [1.165, 1.54) is 11.8 Å². The van der Waals surface area contributed by atoms with Crippen molar-refractivity contribution < 1.29 is 4.79 Å². The van der Waals surface area contributed by atoms with Gasteiger partial charge in [0.2, 0.25) is 5.91 Å². The van der Waals surface area contributed by atoms with Gasteiger partial charge >= 0.3 is 0 Å². The summed E-state index contributed by atoms with van der Waals surface area (Å²) in [6.07, 6.45) is 0. The number of amides is 1. The number of hydrogen-bond donors (Lipinski definition) is 2. The normalized spacial score (nSPS) is 13.4. The van der Waals surface area contributed by atoms with E-state index in [0.717, 1.165) is 0 Å². The Morgan fingerprint density at radius 2 is 2.11 bits per heavy atom. The van der Waals surface area contributed by atoms with E-state index >= 15 is 0 Å². The van der Waals surface area contributed by atoms with Crippen molar-refractivity contribution in [2.24, 2.45) is 12.8 Å². The molecule has 0 saturated carbocycles. The number of nitrogens with one attached hydrogen (secondary N) is 1. The molecule has 0 fully saturated rings. The molecule has 1 heterocycles. The first kappa shape index (κ1) is 15.0. The summed E-state index contributed by atoms with van der Waals surface area (Å²) >= 11 is 1.38. The van der Waals surface area contributed by atoms with Gasteiger partial charge in [-0.15, -0.1) is 10.2 Å². The lowest BCUT2D eigenvalue weighted by Crippen LogP contribution is -2.44. The molecule has 7 heteroatoms. The summed E-state index contributed by atoms with van der Waals surface area (Å²) in [5.41, 5.74) is 5.30. The van der Waals surface area contributed by atoms with Crippen LogP contribution in [0.25, 0.3) is 0 Å². The number of rotatable bonds is 4. The molecule has 0 aliphatic carbocycles. The molecule has 0 bridgehead atoms. The zero-order chi connectivity index (χ0) is 13.9. The number of thioether (sulfide) groups is 1. The third kappa shape index (κ3) is 3.99. The van der Waals surface area contributed by atoms with Crippen LogP contribution in [-0.4, -0.2) is 31.5 Å². The molecule has 0 aromatic carbocycles. The highest BCUT2D eigenvalue weighted by Crippen LogP contribution is 2.21. The number of nitrogens with zero attached hydrogens (tertiary/aromatic N) is 3. The summed E-state index contributed by atoms with van der Waals surface area (Å²) < 4.78 is 1.81. The minimum absolute atomic E-state index is 0.00945. The van der Waals surface area contributed by atoms with Crippen molar-refractivity contribution in [3.63, 3.8) is 0 Å². The molecular weight excluding hydrogens is 250 g/mol. The van der Waals surface area contributed by atoms with Gasteiger partial charge in [0.25, 0.3) is 0 Å². The van der Waals surface area contributed by atoms with Crippen LogP contribution in [0.3, 0.4) is 0 Å². The summed E-state index contributed by atoms with van der Waals surface area (Å²) in [6.45, 7) is 8.06. The summed E-state index contributed by atoms with van der Waals surface area (Å²) in [6, 6.07) is 0. The van der Waals surface area contributed by atoms with Crippen LogP contribution in [-0.2, 0) is 18.4 Å². The van der Waals surface area contributed by atoms with Crippen LogP contribution in [0.4, 0.5) is 0 Å². The largest absolute Gasteiger partial charge is 0.351 e. The van der Waals surface area contributed by atoms with Crippen molar-refractivity contribution in [1.82, 2.24) is 20.1 Å². The molecule has 18 heavy (non-hydrogen) atoms. The third-order valence-corrected chi connectivity index (χ3v) is 3.39. The molecule has 0 spiro atoms. The number of hydrogen-bond acceptors (Lipinski definition) is 5. The molecule has 1 rings (SSSR count). The fourth-order valence-corrected chi connectivity index (χ4v) is 2.14. The maximum atomic E-state index is 11.9. The van der Waals surface area contributed by atoms with E-state index in [-0.39, 0.29) is 16.7 Å². The van der Waals surface area contributed by atoms with Crippen molar-refractivity contribution in [3.05, 3.63) is 5.82 Å². The molecule has 1 atom stereocenters. The maximum Gasteiger partial charge on any atom is 0.233 e. The molecular formula is C11H21N5OS. The van der Waals surface area contributed by atoms with E-state index in [9.17, 15) is 4.79 Å². The lowest BCUT2D eigenvalue weighted by molar-refractivity contribution is -0.121. The van der Waals surface area contributed by atoms with Gasteiger partial charge < -0.3 is 15.6 Å². The van der Waals surface area contributed by atoms with Crippen LogP contribution >= 0.6 is 11.8 Å². The second-order valence-corrected chi connectivity index (χ2v) is 6.47. The van der Waals surface area contributed by atoms with Crippen LogP contribution < -0.4 is 11.1 Å². The van der Waals surface area contributed by atoms with Gasteiger partial charge in [0.1, 0.15) is 5.82 Å². The number of nitrogens with two attached hydrogens (primary N) is 1. The first-order valence-corrected chi connectivity index (χ1v) is 6.69. The first-order chi connectivity index (χ1) is 8.24. The fourth-order valence-electron chi connectivity index (χ4n) is 1.31. The van der Waals surface area contributed by atoms with Crippen LogP contribution in [0.15, 0.2) is 5.16 Å². The topological polar surface area (TPSA) is 85.8 Å². The van der Waals surface area contributed by atoms with Crippen LogP contribution in [0.5, 0.6) is 0 Å². The molecule has 0 aliphatic rings. The van der Waals surface area contributed by atoms with E-state index in [1.807, 2.05) is 39.3 Å². The van der Waals surface area contributed by atoms with E-state index < -0.39 is 0 Å². The van der Waals surface area contributed by atoms with Gasteiger partial charge in [-0.1, -0.05) is 11.8 Å². The third-order valence-electron chi connectivity index (χ3n) is 2.26. The number of carbonyl (C=O) groups is 1. The lowest BCUT2D eigenvalue weighted by atomic mass is 10.1. The number of carbonyl (C=O) groups excluding carboxylic acids is 1. The highest BCUT2D eigenvalue weighted by Gasteiger charge is 2.22. The Labute approximate surface area is 112 Å². The summed E-state index contributed by atoms with van der Waals surface area (Å²) in [5.74, 6) is 0.700. The average molecular weight is 271 g/mol. The lowest BCUT2D eigenvalue weighted by Gasteiger charge is -2.22. The van der Waals surface area contributed by atoms with Gasteiger partial charge in [0.15, 0.2) is 5.16 Å². The Kier molecular flexibility index (Phi) is 4.75. The second kappa shape index (κ2) is 5.71. The minimum atomic E-state index is -0.228. The Bertz CT molecular complexity index is 424. The van der Waals surface area contributed by atoms with Gasteiger partial charge in [-0.3, -0.25) is 4.79 Å². The standard InChI is InChI=1S/C11H21N5OS/c1-7(9(17)13-11(2,3)4)18-10-15-14-8(6-12)16(10)5/h7H,6,12H2,1-5H3,(H,13,17). The predicted molar refractivity (Wildman–Crippen MR) is 72.1 cm³/mol. The van der Waals surface area contributed by atoms with E-state index in [1.54, 1.807) is 0 Å². The van der Waals surface area contributed by atoms with Crippen molar-refractivity contribution in [1.29, 1.82) is 0 Å². The predicted octanol–water partition coefficient (Wildman–Crippen LogP) is 0.669. The van der Waals surface area contributed by atoms with Crippen LogP contribution in [0.1, 0.15) is 33.5 Å². The van der Waals surface area contributed by atoms with Gasteiger partial charge in [-0.2, -0.15) is 0 Å². The van der Waals surface area contributed by atoms with Crippen LogP contribution in [0.2, 0.25) is 0 Å². The van der Waals surface area contributed by atoms with Crippen LogP contribution in [0, 0.1) is 0 Å². The number of aromatic nitrogens is 3. The molecule has 1 aromatic heterocycles. The average Bonchev–Trinajstić information content (AvgIpc) is 2.57. The first-order valence-electron chi connectivity index (χ1n) is 5.81. The van der Waals surface area contributed by atoms with Crippen molar-refractivity contribution in [2.75, 3.05) is 0 Å². The van der Waals surface area contributed by atoms with Crippen molar-refractivity contribution >= 4 is 17.7 Å². The zero-order valence-electron chi connectivity index (χ0n) is 11.5. The molecule has 0 aliphatic heterocycles. The maximum absolute atomic E-state index is 11.9. The molecule has 1 aromatic rings. The Morgan fingerprint density at radius 3 is 2.56 bits per heavy atom. The molecule has 6 nitrogen and oxygen atoms in total. The fraction of sp³-hybridized carbons (Fsp3) is 0.727. The van der Waals surface area contributed by atoms with E-state index in [2.05, 4.69) is 15.5 Å². The Hall–Kier alpha value is -1.08. The SMILES string of the molecule is CC(Sc1nnc(CN)n1C)C(=O)NC(C)(C)C. The summed E-state index contributed by atoms with van der Waals surface area (Å²) in [4.78, 5) is 11.9. The van der Waals surface area contributed by atoms with Gasteiger partial charge in [0, 0.05) is 12.6 Å². The molecule has 0 radical (unpaired) electrons. The molecule has 3 N–H and O–H groups in total. The monoisotopic (exact) mass is 271 g/mol. The van der Waals surface area contributed by atoms with E-state index in [4.69, 9.17) is 5.73 Å². The van der Waals surface area contributed by atoms with Crippen molar-refractivity contribution in [3.8, 4) is 0 Å². The van der Waals surface area contributed by atoms with Crippen molar-refractivity contribution in [2.45, 2.75) is 50.2 Å². The Balaban J connectivity index is 2.67. The minimum Gasteiger partial charge on any atom is -0.351 e. The summed E-state index contributed by atoms with van der Waals surface area (Å²) in [5, 5.41) is 11.4.